The van der Waals surface area contributed by atoms with Crippen molar-refractivity contribution in [2.24, 2.45) is 0 Å². The molecule has 0 spiro atoms. The van der Waals surface area contributed by atoms with Gasteiger partial charge >= 0.3 is 0 Å². The fraction of sp³-hybridized carbons (Fsp3) is 0.692. The zero-order valence-electron chi connectivity index (χ0n) is 28.0. The van der Waals surface area contributed by atoms with Crippen LogP contribution >= 0.6 is 7.26 Å². The molecule has 2 aromatic carbocycles. The summed E-state index contributed by atoms with van der Waals surface area (Å²) in [6.45, 7) is 16.6. The number of nitrogens with zero attached hydrogens (tertiary/aromatic N) is 2. The lowest BCUT2D eigenvalue weighted by molar-refractivity contribution is 0.444. The Balaban J connectivity index is 1.62. The predicted molar refractivity (Wildman–Crippen MR) is 187 cm³/mol. The van der Waals surface area contributed by atoms with Crippen LogP contribution in [0.4, 0.5) is 11.4 Å². The molecular formula is C39H60N2P+. The minimum Gasteiger partial charge on any atom is -0.318 e. The topological polar surface area (TPSA) is 6.48 Å². The third-order valence-corrected chi connectivity index (χ3v) is 18.7. The van der Waals surface area contributed by atoms with Gasteiger partial charge in [0.15, 0.2) is 0 Å². The van der Waals surface area contributed by atoms with Gasteiger partial charge < -0.3 is 9.80 Å². The third-order valence-electron chi connectivity index (χ3n) is 12.0. The first-order valence-corrected chi connectivity index (χ1v) is 20.0. The summed E-state index contributed by atoms with van der Waals surface area (Å²) in [4.78, 5) is 6.13. The molecule has 0 radical (unpaired) electrons. The molecule has 6 rings (SSSR count). The van der Waals surface area contributed by atoms with Gasteiger partial charge in [-0.25, -0.2) is 0 Å². The summed E-state index contributed by atoms with van der Waals surface area (Å²) in [7, 11) is -1.46. The van der Waals surface area contributed by atoms with E-state index in [0.717, 1.165) is 17.0 Å². The van der Waals surface area contributed by atoms with E-state index in [-0.39, 0.29) is 0 Å². The van der Waals surface area contributed by atoms with Crippen LogP contribution in [0.1, 0.15) is 130 Å². The molecule has 1 heterocycles. The molecule has 1 aliphatic heterocycles. The lowest BCUT2D eigenvalue weighted by Crippen LogP contribution is -2.52. The highest BCUT2D eigenvalue weighted by Crippen LogP contribution is 2.81. The molecule has 3 heteroatoms. The van der Waals surface area contributed by atoms with E-state index in [9.17, 15) is 0 Å². The Bertz CT molecular complexity index is 1070. The molecule has 3 aliphatic carbocycles. The van der Waals surface area contributed by atoms with E-state index in [1.54, 1.807) is 11.4 Å². The Labute approximate surface area is 259 Å². The maximum Gasteiger partial charge on any atom is 0.216 e. The van der Waals surface area contributed by atoms with Crippen LogP contribution in [0.2, 0.25) is 0 Å². The molecule has 0 bridgehead atoms. The Kier molecular flexibility index (Phi) is 9.32. The van der Waals surface area contributed by atoms with Gasteiger partial charge in [-0.3, -0.25) is 0 Å². The normalized spacial score (nSPS) is 22.3. The number of rotatable bonds is 6. The summed E-state index contributed by atoms with van der Waals surface area (Å²) in [5.41, 5.74) is 14.9. The molecule has 0 aromatic heterocycles. The van der Waals surface area contributed by atoms with Crippen molar-refractivity contribution in [2.75, 3.05) is 22.9 Å². The average Bonchev–Trinajstić information content (AvgIpc) is 3.38. The van der Waals surface area contributed by atoms with Gasteiger partial charge in [-0.1, -0.05) is 54.7 Å². The van der Waals surface area contributed by atoms with Gasteiger partial charge in [0.2, 0.25) is 5.91 Å². The molecule has 4 fully saturated rings. The van der Waals surface area contributed by atoms with Crippen LogP contribution in [0, 0.1) is 41.5 Å². The predicted octanol–water partition coefficient (Wildman–Crippen LogP) is 11.2. The lowest BCUT2D eigenvalue weighted by atomic mass is 9.99. The second-order valence-corrected chi connectivity index (χ2v) is 19.4. The first kappa shape index (κ1) is 30.5. The molecule has 0 atom stereocenters. The molecule has 0 unspecified atom stereocenters. The summed E-state index contributed by atoms with van der Waals surface area (Å²) < 4.78 is 0. The van der Waals surface area contributed by atoms with Crippen molar-refractivity contribution in [3.63, 3.8) is 0 Å². The quantitative estimate of drug-likeness (QED) is 0.310. The highest BCUT2D eigenvalue weighted by molar-refractivity contribution is 7.78. The van der Waals surface area contributed by atoms with Gasteiger partial charge in [0, 0.05) is 24.5 Å². The molecule has 230 valence electrons. The first-order valence-electron chi connectivity index (χ1n) is 17.9. The Morgan fingerprint density at radius 2 is 0.738 bits per heavy atom. The van der Waals surface area contributed by atoms with Gasteiger partial charge in [-0.05, 0) is 141 Å². The lowest BCUT2D eigenvalue weighted by Gasteiger charge is -2.55. The van der Waals surface area contributed by atoms with E-state index in [4.69, 9.17) is 0 Å². The maximum absolute atomic E-state index is 3.06. The van der Waals surface area contributed by atoms with Crippen LogP contribution in [0.25, 0.3) is 0 Å². The standard InChI is InChI=1S/C39H60N2P/c1-28-24-30(3)37(31(4)25-28)40-22-23-41(38-32(5)26-29(2)27-33(38)6)39(40)42(34-16-10-7-11-17-34,35-18-12-8-13-19-35)36-20-14-9-15-21-36/h24-27,34-36,39H,7-23H2,1-6H3/q+1. The minimum absolute atomic E-state index is 0.562. The average molecular weight is 588 g/mol. The Morgan fingerprint density at radius 1 is 0.452 bits per heavy atom. The highest BCUT2D eigenvalue weighted by Gasteiger charge is 2.66. The molecule has 42 heavy (non-hydrogen) atoms. The van der Waals surface area contributed by atoms with Crippen molar-refractivity contribution in [1.29, 1.82) is 0 Å². The van der Waals surface area contributed by atoms with E-state index < -0.39 is 7.26 Å². The van der Waals surface area contributed by atoms with Crippen molar-refractivity contribution < 1.29 is 0 Å². The van der Waals surface area contributed by atoms with E-state index in [1.807, 2.05) is 0 Å². The van der Waals surface area contributed by atoms with Crippen LogP contribution in [-0.2, 0) is 0 Å². The molecule has 0 amide bonds. The van der Waals surface area contributed by atoms with Crippen LogP contribution < -0.4 is 9.80 Å². The highest BCUT2D eigenvalue weighted by atomic mass is 31.2. The molecule has 3 saturated carbocycles. The number of aryl methyl sites for hydroxylation is 6. The summed E-state index contributed by atoms with van der Waals surface area (Å²) in [5.74, 6) is 0.562. The van der Waals surface area contributed by atoms with Crippen molar-refractivity contribution in [3.05, 3.63) is 57.6 Å². The number of anilines is 2. The Hall–Kier alpha value is -1.53. The van der Waals surface area contributed by atoms with Crippen LogP contribution in [0.15, 0.2) is 24.3 Å². The van der Waals surface area contributed by atoms with Crippen LogP contribution in [-0.4, -0.2) is 36.0 Å². The van der Waals surface area contributed by atoms with Crippen molar-refractivity contribution in [1.82, 2.24) is 0 Å². The van der Waals surface area contributed by atoms with Gasteiger partial charge in [0.25, 0.3) is 0 Å². The molecular weight excluding hydrogens is 527 g/mol. The Morgan fingerprint density at radius 3 is 1.02 bits per heavy atom. The summed E-state index contributed by atoms with van der Waals surface area (Å²) in [6, 6.07) is 9.91. The van der Waals surface area contributed by atoms with Gasteiger partial charge in [0.05, 0.1) is 24.2 Å². The summed E-state index contributed by atoms with van der Waals surface area (Å²) in [6.07, 6.45) is 22.3. The third kappa shape index (κ3) is 5.46. The van der Waals surface area contributed by atoms with Gasteiger partial charge in [-0.15, -0.1) is 0 Å². The summed E-state index contributed by atoms with van der Waals surface area (Å²) in [5, 5.41) is 0. The van der Waals surface area contributed by atoms with E-state index in [1.165, 1.54) is 143 Å². The summed E-state index contributed by atoms with van der Waals surface area (Å²) >= 11 is 0. The zero-order valence-corrected chi connectivity index (χ0v) is 28.9. The largest absolute Gasteiger partial charge is 0.318 e. The van der Waals surface area contributed by atoms with E-state index in [2.05, 4.69) is 75.6 Å². The van der Waals surface area contributed by atoms with Crippen molar-refractivity contribution >= 4 is 18.6 Å². The fourth-order valence-electron chi connectivity index (χ4n) is 10.8. The molecule has 2 aromatic rings. The number of hydrogen-bond donors (Lipinski definition) is 0. The van der Waals surface area contributed by atoms with Crippen LogP contribution in [0.3, 0.4) is 0 Å². The second kappa shape index (κ2) is 12.8. The van der Waals surface area contributed by atoms with E-state index in [0.29, 0.717) is 5.91 Å². The number of hydrogen-bond acceptors (Lipinski definition) is 2. The minimum atomic E-state index is -1.46. The van der Waals surface area contributed by atoms with Crippen molar-refractivity contribution in [2.45, 2.75) is 161 Å². The van der Waals surface area contributed by atoms with Crippen molar-refractivity contribution in [3.8, 4) is 0 Å². The molecule has 4 aliphatic rings. The maximum atomic E-state index is 3.06. The fourth-order valence-corrected chi connectivity index (χ4v) is 19.0. The van der Waals surface area contributed by atoms with Crippen LogP contribution in [0.5, 0.6) is 0 Å². The number of benzene rings is 2. The smallest absolute Gasteiger partial charge is 0.216 e. The van der Waals surface area contributed by atoms with E-state index >= 15 is 0 Å². The van der Waals surface area contributed by atoms with Gasteiger partial charge in [0.1, 0.15) is 0 Å². The zero-order chi connectivity index (χ0) is 29.4. The molecule has 0 N–H and O–H groups in total. The second-order valence-electron chi connectivity index (χ2n) is 15.0. The first-order chi connectivity index (χ1) is 20.3. The molecule has 1 saturated heterocycles. The molecule has 2 nitrogen and oxygen atoms in total. The SMILES string of the molecule is Cc1cc(C)c(N2CCN(c3c(C)cc(C)cc3C)C2[P+](C2CCCCC2)(C2CCCCC2)C2CCCCC2)c(C)c1. The monoisotopic (exact) mass is 587 g/mol. The van der Waals surface area contributed by atoms with Gasteiger partial charge in [-0.2, -0.15) is 0 Å².